The number of nitrogens with zero attached hydrogens (tertiary/aromatic N) is 1. The summed E-state index contributed by atoms with van der Waals surface area (Å²) in [7, 11) is 0. The summed E-state index contributed by atoms with van der Waals surface area (Å²) in [5, 5.41) is 0. The van der Waals surface area contributed by atoms with E-state index in [4.69, 9.17) is 9.73 Å². The summed E-state index contributed by atoms with van der Waals surface area (Å²) < 4.78 is 5.97. The molecule has 0 fully saturated rings. The lowest BCUT2D eigenvalue weighted by molar-refractivity contribution is 0.165. The first-order valence-electron chi connectivity index (χ1n) is 7.76. The van der Waals surface area contributed by atoms with E-state index in [-0.39, 0.29) is 6.10 Å². The van der Waals surface area contributed by atoms with E-state index in [0.717, 1.165) is 16.7 Å². The second-order valence-electron chi connectivity index (χ2n) is 5.66. The molecule has 0 radical (unpaired) electrons. The van der Waals surface area contributed by atoms with Crippen LogP contribution < -0.4 is 0 Å². The number of rotatable bonds is 3. The highest BCUT2D eigenvalue weighted by Crippen LogP contribution is 2.48. The molecule has 112 valence electrons. The molecule has 0 saturated heterocycles. The molecule has 0 aliphatic carbocycles. The molecule has 0 N–H and O–H groups in total. The van der Waals surface area contributed by atoms with Gasteiger partial charge in [0, 0.05) is 0 Å². The molecule has 4 rings (SSSR count). The van der Waals surface area contributed by atoms with E-state index in [1.807, 2.05) is 30.3 Å². The van der Waals surface area contributed by atoms with Crippen LogP contribution in [-0.2, 0) is 10.3 Å². The van der Waals surface area contributed by atoms with Gasteiger partial charge in [-0.05, 0) is 16.7 Å². The van der Waals surface area contributed by atoms with Crippen molar-refractivity contribution in [2.75, 3.05) is 0 Å². The van der Waals surface area contributed by atoms with Crippen molar-refractivity contribution < 1.29 is 4.74 Å². The zero-order valence-electron chi connectivity index (χ0n) is 12.7. The monoisotopic (exact) mass is 299 g/mol. The molecule has 0 saturated carbocycles. The van der Waals surface area contributed by atoms with Gasteiger partial charge >= 0.3 is 0 Å². The van der Waals surface area contributed by atoms with Crippen molar-refractivity contribution in [2.24, 2.45) is 4.99 Å². The highest BCUT2D eigenvalue weighted by molar-refractivity contribution is 5.59. The Morgan fingerprint density at radius 2 is 1.13 bits per heavy atom. The van der Waals surface area contributed by atoms with Crippen molar-refractivity contribution >= 4 is 6.40 Å². The summed E-state index contributed by atoms with van der Waals surface area (Å²) >= 11 is 0. The molecule has 1 atom stereocenters. The maximum atomic E-state index is 5.97. The molecule has 3 aromatic carbocycles. The van der Waals surface area contributed by atoms with E-state index in [0.29, 0.717) is 0 Å². The third-order valence-corrected chi connectivity index (χ3v) is 4.36. The maximum absolute atomic E-state index is 5.97. The zero-order valence-corrected chi connectivity index (χ0v) is 12.7. The van der Waals surface area contributed by atoms with Crippen molar-refractivity contribution in [3.8, 4) is 0 Å². The fourth-order valence-electron chi connectivity index (χ4n) is 3.29. The highest BCUT2D eigenvalue weighted by Gasteiger charge is 2.47. The fourth-order valence-corrected chi connectivity index (χ4v) is 3.29. The van der Waals surface area contributed by atoms with Gasteiger partial charge in [-0.2, -0.15) is 0 Å². The topological polar surface area (TPSA) is 21.6 Å². The second-order valence-corrected chi connectivity index (χ2v) is 5.66. The van der Waals surface area contributed by atoms with Gasteiger partial charge in [-0.15, -0.1) is 0 Å². The third kappa shape index (κ3) is 2.23. The van der Waals surface area contributed by atoms with Crippen LogP contribution >= 0.6 is 0 Å². The van der Waals surface area contributed by atoms with E-state index >= 15 is 0 Å². The van der Waals surface area contributed by atoms with Crippen LogP contribution in [0.2, 0.25) is 0 Å². The Kier molecular flexibility index (Phi) is 3.43. The minimum Gasteiger partial charge on any atom is -0.472 e. The van der Waals surface area contributed by atoms with Crippen molar-refractivity contribution in [1.82, 2.24) is 0 Å². The smallest absolute Gasteiger partial charge is 0.171 e. The average Bonchev–Trinajstić information content (AvgIpc) is 3.10. The first-order valence-corrected chi connectivity index (χ1v) is 7.76. The molecule has 0 aromatic heterocycles. The van der Waals surface area contributed by atoms with Crippen molar-refractivity contribution in [3.05, 3.63) is 108 Å². The minimum atomic E-state index is -0.552. The SMILES string of the molecule is C1=NC(c2ccccc2)(c2ccccc2)C(c2ccccc2)O1. The van der Waals surface area contributed by atoms with E-state index in [9.17, 15) is 0 Å². The summed E-state index contributed by atoms with van der Waals surface area (Å²) in [6.07, 6.45) is 1.42. The van der Waals surface area contributed by atoms with Gasteiger partial charge in [-0.25, -0.2) is 4.99 Å². The molecule has 0 amide bonds. The Balaban J connectivity index is 1.94. The summed E-state index contributed by atoms with van der Waals surface area (Å²) in [5.74, 6) is 0. The molecule has 1 aliphatic heterocycles. The Morgan fingerprint density at radius 1 is 0.652 bits per heavy atom. The highest BCUT2D eigenvalue weighted by atomic mass is 16.5. The van der Waals surface area contributed by atoms with E-state index in [2.05, 4.69) is 60.7 Å². The van der Waals surface area contributed by atoms with Gasteiger partial charge in [0.25, 0.3) is 0 Å². The average molecular weight is 299 g/mol. The Morgan fingerprint density at radius 3 is 1.65 bits per heavy atom. The van der Waals surface area contributed by atoms with Crippen molar-refractivity contribution in [2.45, 2.75) is 11.6 Å². The molecule has 23 heavy (non-hydrogen) atoms. The Labute approximate surface area is 136 Å². The standard InChI is InChI=1S/C21H17NO/c1-4-10-17(11-5-1)20-21(22-16-23-20,18-12-6-2-7-13-18)19-14-8-3-9-15-19/h1-16,20H. The fraction of sp³-hybridized carbons (Fsp3) is 0.0952. The van der Waals surface area contributed by atoms with Gasteiger partial charge in [0.2, 0.25) is 0 Å². The van der Waals surface area contributed by atoms with Gasteiger partial charge in [-0.1, -0.05) is 91.0 Å². The van der Waals surface area contributed by atoms with Crippen molar-refractivity contribution in [3.63, 3.8) is 0 Å². The number of hydrogen-bond acceptors (Lipinski definition) is 2. The lowest BCUT2D eigenvalue weighted by Gasteiger charge is -2.33. The Bertz CT molecular complexity index is 758. The molecule has 0 bridgehead atoms. The van der Waals surface area contributed by atoms with Crippen LogP contribution in [0.1, 0.15) is 22.8 Å². The summed E-state index contributed by atoms with van der Waals surface area (Å²) in [6, 6.07) is 31.0. The van der Waals surface area contributed by atoms with Crippen LogP contribution in [-0.4, -0.2) is 6.40 Å². The summed E-state index contributed by atoms with van der Waals surface area (Å²) in [4.78, 5) is 4.82. The molecule has 0 spiro atoms. The molecule has 1 aliphatic rings. The number of aliphatic imine (C=N–C) groups is 1. The van der Waals surface area contributed by atoms with Crippen LogP contribution in [0.15, 0.2) is 96.0 Å². The first-order chi connectivity index (χ1) is 11.4. The van der Waals surface area contributed by atoms with Crippen LogP contribution in [0, 0.1) is 0 Å². The van der Waals surface area contributed by atoms with Crippen LogP contribution in [0.4, 0.5) is 0 Å². The van der Waals surface area contributed by atoms with Gasteiger partial charge in [0.15, 0.2) is 18.0 Å². The van der Waals surface area contributed by atoms with Gasteiger partial charge in [0.1, 0.15) is 0 Å². The molecule has 3 aromatic rings. The van der Waals surface area contributed by atoms with Gasteiger partial charge in [-0.3, -0.25) is 0 Å². The maximum Gasteiger partial charge on any atom is 0.171 e. The molecule has 1 unspecified atom stereocenters. The number of ether oxygens (including phenoxy) is 1. The number of hydrogen-bond donors (Lipinski definition) is 0. The molecular formula is C21H17NO. The van der Waals surface area contributed by atoms with E-state index in [1.165, 1.54) is 0 Å². The predicted octanol–water partition coefficient (Wildman–Crippen LogP) is 4.73. The quantitative estimate of drug-likeness (QED) is 0.685. The molecule has 2 heteroatoms. The summed E-state index contributed by atoms with van der Waals surface area (Å²) in [6.45, 7) is 0. The second kappa shape index (κ2) is 5.73. The van der Waals surface area contributed by atoms with E-state index < -0.39 is 5.54 Å². The minimum absolute atomic E-state index is 0.173. The third-order valence-electron chi connectivity index (χ3n) is 4.36. The molecular weight excluding hydrogens is 282 g/mol. The summed E-state index contributed by atoms with van der Waals surface area (Å²) in [5.41, 5.74) is 2.84. The Hall–Kier alpha value is -2.87. The predicted molar refractivity (Wildman–Crippen MR) is 92.4 cm³/mol. The van der Waals surface area contributed by atoms with Crippen molar-refractivity contribution in [1.29, 1.82) is 0 Å². The van der Waals surface area contributed by atoms with Crippen LogP contribution in [0.5, 0.6) is 0 Å². The lowest BCUT2D eigenvalue weighted by Crippen LogP contribution is -2.30. The van der Waals surface area contributed by atoms with E-state index in [1.54, 1.807) is 6.40 Å². The normalized spacial score (nSPS) is 18.5. The lowest BCUT2D eigenvalue weighted by atomic mass is 9.76. The van der Waals surface area contributed by atoms with Gasteiger partial charge in [0.05, 0.1) is 0 Å². The zero-order chi connectivity index (χ0) is 15.5. The van der Waals surface area contributed by atoms with Crippen LogP contribution in [0.3, 0.4) is 0 Å². The first kappa shape index (κ1) is 13.8. The molecule has 2 nitrogen and oxygen atoms in total. The number of benzene rings is 3. The van der Waals surface area contributed by atoms with Crippen LogP contribution in [0.25, 0.3) is 0 Å². The van der Waals surface area contributed by atoms with Gasteiger partial charge < -0.3 is 4.74 Å². The molecule has 1 heterocycles. The largest absolute Gasteiger partial charge is 0.472 e.